The van der Waals surface area contributed by atoms with E-state index in [1.165, 1.54) is 38.5 Å². The number of carbonyl (C=O) groups excluding carboxylic acids is 1. The molecule has 2 heterocycles. The number of anilines is 1. The van der Waals surface area contributed by atoms with Crippen LogP contribution < -0.4 is 10.2 Å². The summed E-state index contributed by atoms with van der Waals surface area (Å²) < 4.78 is 0. The van der Waals surface area contributed by atoms with E-state index in [0.29, 0.717) is 12.5 Å². The van der Waals surface area contributed by atoms with Crippen LogP contribution in [0, 0.1) is 17.8 Å². The molecule has 4 nitrogen and oxygen atoms in total. The summed E-state index contributed by atoms with van der Waals surface area (Å²) in [6.07, 6.45) is 10.5. The summed E-state index contributed by atoms with van der Waals surface area (Å²) in [5.74, 6) is 3.67. The number of fused-ring (bicyclic) bond motifs is 2. The molecule has 1 aromatic rings. The lowest BCUT2D eigenvalue weighted by molar-refractivity contribution is -0.122. The normalized spacial score (nSPS) is 29.2. The number of hydrogen-bond acceptors (Lipinski definition) is 3. The van der Waals surface area contributed by atoms with E-state index in [2.05, 4.69) is 21.3 Å². The summed E-state index contributed by atoms with van der Waals surface area (Å²) in [5.41, 5.74) is 1.16. The summed E-state index contributed by atoms with van der Waals surface area (Å²) in [6, 6.07) is 4.14. The van der Waals surface area contributed by atoms with Gasteiger partial charge in [0.1, 0.15) is 5.82 Å². The third-order valence-corrected chi connectivity index (χ3v) is 6.06. The van der Waals surface area contributed by atoms with E-state index in [1.807, 2.05) is 12.3 Å². The number of nitrogens with one attached hydrogen (secondary N) is 1. The number of amides is 1. The van der Waals surface area contributed by atoms with Gasteiger partial charge in [-0.1, -0.05) is 6.42 Å². The van der Waals surface area contributed by atoms with Crippen LogP contribution in [-0.4, -0.2) is 24.0 Å². The fourth-order valence-corrected chi connectivity index (χ4v) is 4.83. The molecule has 3 unspecified atom stereocenters. The molecule has 3 aliphatic rings. The molecule has 3 fully saturated rings. The van der Waals surface area contributed by atoms with Gasteiger partial charge >= 0.3 is 0 Å². The van der Waals surface area contributed by atoms with Crippen LogP contribution in [0.1, 0.15) is 50.5 Å². The Morgan fingerprint density at radius 3 is 2.87 bits per heavy atom. The van der Waals surface area contributed by atoms with Crippen LogP contribution in [-0.2, 0) is 11.3 Å². The highest BCUT2D eigenvalue weighted by Gasteiger charge is 2.39. The molecule has 0 spiro atoms. The number of rotatable bonds is 5. The van der Waals surface area contributed by atoms with Crippen molar-refractivity contribution in [1.29, 1.82) is 0 Å². The van der Waals surface area contributed by atoms with Gasteiger partial charge in [-0.3, -0.25) is 4.79 Å². The van der Waals surface area contributed by atoms with Crippen molar-refractivity contribution < 1.29 is 4.79 Å². The molecule has 1 saturated heterocycles. The minimum Gasteiger partial charge on any atom is -0.357 e. The topological polar surface area (TPSA) is 45.2 Å². The van der Waals surface area contributed by atoms with Crippen molar-refractivity contribution in [2.24, 2.45) is 17.8 Å². The Morgan fingerprint density at radius 2 is 2.13 bits per heavy atom. The summed E-state index contributed by atoms with van der Waals surface area (Å²) >= 11 is 0. The first-order valence-corrected chi connectivity index (χ1v) is 9.24. The van der Waals surface area contributed by atoms with Crippen LogP contribution in [0.4, 0.5) is 5.82 Å². The average Bonchev–Trinajstić information content (AvgIpc) is 3.30. The maximum Gasteiger partial charge on any atom is 0.220 e. The highest BCUT2D eigenvalue weighted by Crippen LogP contribution is 2.49. The lowest BCUT2D eigenvalue weighted by Gasteiger charge is -2.21. The fraction of sp³-hybridized carbons (Fsp3) is 0.684. The monoisotopic (exact) mass is 313 g/mol. The highest BCUT2D eigenvalue weighted by atomic mass is 16.1. The predicted molar refractivity (Wildman–Crippen MR) is 91.1 cm³/mol. The lowest BCUT2D eigenvalue weighted by Crippen LogP contribution is -2.27. The molecule has 1 amide bonds. The molecule has 2 bridgehead atoms. The van der Waals surface area contributed by atoms with Gasteiger partial charge in [0.15, 0.2) is 0 Å². The number of nitrogens with zero attached hydrogens (tertiary/aromatic N) is 2. The third-order valence-electron chi connectivity index (χ3n) is 6.06. The minimum absolute atomic E-state index is 0.224. The molecule has 2 saturated carbocycles. The largest absolute Gasteiger partial charge is 0.357 e. The molecular formula is C19H27N3O. The van der Waals surface area contributed by atoms with Crippen molar-refractivity contribution in [3.05, 3.63) is 23.9 Å². The number of pyridine rings is 1. The van der Waals surface area contributed by atoms with E-state index in [-0.39, 0.29) is 5.91 Å². The van der Waals surface area contributed by atoms with E-state index in [9.17, 15) is 4.79 Å². The first-order chi connectivity index (χ1) is 11.3. The Morgan fingerprint density at radius 1 is 1.26 bits per heavy atom. The van der Waals surface area contributed by atoms with Crippen molar-refractivity contribution in [3.63, 3.8) is 0 Å². The lowest BCUT2D eigenvalue weighted by atomic mass is 9.86. The fourth-order valence-electron chi connectivity index (χ4n) is 4.83. The summed E-state index contributed by atoms with van der Waals surface area (Å²) in [5, 5.41) is 3.12. The SMILES string of the molecule is O=C(CC1CC2CCC1C2)NCc1ccnc(N2CCCC2)c1. The molecule has 124 valence electrons. The van der Waals surface area contributed by atoms with Gasteiger partial charge in [-0.25, -0.2) is 4.98 Å². The summed E-state index contributed by atoms with van der Waals surface area (Å²) in [6.45, 7) is 2.84. The molecule has 1 N–H and O–H groups in total. The molecule has 0 radical (unpaired) electrons. The molecule has 1 aromatic heterocycles. The summed E-state index contributed by atoms with van der Waals surface area (Å²) in [7, 11) is 0. The molecule has 1 aliphatic heterocycles. The van der Waals surface area contributed by atoms with Gasteiger partial charge in [-0.15, -0.1) is 0 Å². The first kappa shape index (κ1) is 15.0. The Kier molecular flexibility index (Phi) is 4.23. The van der Waals surface area contributed by atoms with Gasteiger partial charge in [0.2, 0.25) is 5.91 Å². The van der Waals surface area contributed by atoms with Gasteiger partial charge in [0, 0.05) is 32.3 Å². The Hall–Kier alpha value is -1.58. The second-order valence-electron chi connectivity index (χ2n) is 7.63. The number of aromatic nitrogens is 1. The van der Waals surface area contributed by atoms with Crippen molar-refractivity contribution in [2.75, 3.05) is 18.0 Å². The van der Waals surface area contributed by atoms with Gasteiger partial charge in [-0.05, 0) is 67.6 Å². The Balaban J connectivity index is 1.28. The maximum absolute atomic E-state index is 12.3. The van der Waals surface area contributed by atoms with Gasteiger partial charge in [-0.2, -0.15) is 0 Å². The number of hydrogen-bond donors (Lipinski definition) is 1. The maximum atomic E-state index is 12.3. The molecular weight excluding hydrogens is 286 g/mol. The second kappa shape index (κ2) is 6.50. The Bertz CT molecular complexity index is 567. The van der Waals surface area contributed by atoms with Crippen LogP contribution in [0.3, 0.4) is 0 Å². The molecule has 0 aromatic carbocycles. The van der Waals surface area contributed by atoms with Gasteiger partial charge < -0.3 is 10.2 Å². The zero-order valence-corrected chi connectivity index (χ0v) is 13.8. The Labute approximate surface area is 138 Å². The zero-order valence-electron chi connectivity index (χ0n) is 13.8. The van der Waals surface area contributed by atoms with Crippen LogP contribution >= 0.6 is 0 Å². The minimum atomic E-state index is 0.224. The molecule has 4 rings (SSSR count). The quantitative estimate of drug-likeness (QED) is 0.908. The van der Waals surface area contributed by atoms with E-state index in [0.717, 1.165) is 42.7 Å². The van der Waals surface area contributed by atoms with Crippen LogP contribution in [0.5, 0.6) is 0 Å². The van der Waals surface area contributed by atoms with Crippen LogP contribution in [0.25, 0.3) is 0 Å². The zero-order chi connectivity index (χ0) is 15.6. The van der Waals surface area contributed by atoms with Crippen molar-refractivity contribution in [2.45, 2.75) is 51.5 Å². The van der Waals surface area contributed by atoms with Crippen LogP contribution in [0.15, 0.2) is 18.3 Å². The van der Waals surface area contributed by atoms with Crippen LogP contribution in [0.2, 0.25) is 0 Å². The molecule has 23 heavy (non-hydrogen) atoms. The predicted octanol–water partition coefficient (Wildman–Crippen LogP) is 3.12. The van der Waals surface area contributed by atoms with Crippen molar-refractivity contribution in [3.8, 4) is 0 Å². The first-order valence-electron chi connectivity index (χ1n) is 9.24. The highest BCUT2D eigenvalue weighted by molar-refractivity contribution is 5.76. The molecule has 3 atom stereocenters. The smallest absolute Gasteiger partial charge is 0.220 e. The molecule has 4 heteroatoms. The molecule has 2 aliphatic carbocycles. The van der Waals surface area contributed by atoms with Crippen molar-refractivity contribution >= 4 is 11.7 Å². The van der Waals surface area contributed by atoms with E-state index < -0.39 is 0 Å². The summed E-state index contributed by atoms with van der Waals surface area (Å²) in [4.78, 5) is 19.1. The third kappa shape index (κ3) is 3.36. The second-order valence-corrected chi connectivity index (χ2v) is 7.63. The number of carbonyl (C=O) groups is 1. The van der Waals surface area contributed by atoms with E-state index >= 15 is 0 Å². The van der Waals surface area contributed by atoms with E-state index in [1.54, 1.807) is 0 Å². The standard InChI is InChI=1S/C19H27N3O/c23-19(12-17-10-14-3-4-16(17)9-14)21-13-15-5-6-20-18(11-15)22-7-1-2-8-22/h5-6,11,14,16-17H,1-4,7-10,12-13H2,(H,21,23). The van der Waals surface area contributed by atoms with E-state index in [4.69, 9.17) is 0 Å². The van der Waals surface area contributed by atoms with Crippen molar-refractivity contribution in [1.82, 2.24) is 10.3 Å². The van der Waals surface area contributed by atoms with Gasteiger partial charge in [0.05, 0.1) is 0 Å². The van der Waals surface area contributed by atoms with Gasteiger partial charge in [0.25, 0.3) is 0 Å². The average molecular weight is 313 g/mol.